The predicted molar refractivity (Wildman–Crippen MR) is 77.5 cm³/mol. The Morgan fingerprint density at radius 2 is 2.16 bits per heavy atom. The van der Waals surface area contributed by atoms with Gasteiger partial charge in [-0.05, 0) is 35.8 Å². The minimum atomic E-state index is -0.0882. The van der Waals surface area contributed by atoms with E-state index in [2.05, 4.69) is 21.2 Å². The zero-order chi connectivity index (χ0) is 14.3. The fourth-order valence-electron chi connectivity index (χ4n) is 1.63. The molecule has 19 heavy (non-hydrogen) atoms. The summed E-state index contributed by atoms with van der Waals surface area (Å²) in [4.78, 5) is 12.0. The molecule has 0 bridgehead atoms. The molecule has 0 atom stereocenters. The number of rotatable bonds is 8. The Morgan fingerprint density at radius 3 is 2.79 bits per heavy atom. The van der Waals surface area contributed by atoms with Crippen LogP contribution in [0.2, 0.25) is 0 Å². The van der Waals surface area contributed by atoms with E-state index < -0.39 is 0 Å². The SMILES string of the molecule is COCCOCCNC(=O)c1cc(Br)cn1C(C)C. The minimum Gasteiger partial charge on any atom is -0.382 e. The number of hydrogen-bond acceptors (Lipinski definition) is 3. The van der Waals surface area contributed by atoms with Gasteiger partial charge in [0.2, 0.25) is 0 Å². The van der Waals surface area contributed by atoms with E-state index in [1.807, 2.05) is 30.7 Å². The van der Waals surface area contributed by atoms with Crippen LogP contribution >= 0.6 is 15.9 Å². The van der Waals surface area contributed by atoms with Crippen LogP contribution in [0.1, 0.15) is 30.4 Å². The van der Waals surface area contributed by atoms with E-state index in [0.29, 0.717) is 32.1 Å². The lowest BCUT2D eigenvalue weighted by molar-refractivity contribution is 0.0690. The lowest BCUT2D eigenvalue weighted by atomic mass is 10.3. The second kappa shape index (κ2) is 8.35. The number of carbonyl (C=O) groups is 1. The summed E-state index contributed by atoms with van der Waals surface area (Å²) < 4.78 is 13.0. The summed E-state index contributed by atoms with van der Waals surface area (Å²) >= 11 is 3.39. The molecule has 6 heteroatoms. The van der Waals surface area contributed by atoms with Crippen molar-refractivity contribution < 1.29 is 14.3 Å². The average Bonchev–Trinajstić information content (AvgIpc) is 2.76. The lowest BCUT2D eigenvalue weighted by Gasteiger charge is -2.12. The van der Waals surface area contributed by atoms with Crippen molar-refractivity contribution in [1.82, 2.24) is 9.88 Å². The fraction of sp³-hybridized carbons (Fsp3) is 0.615. The van der Waals surface area contributed by atoms with Gasteiger partial charge in [0, 0.05) is 30.4 Å². The molecule has 5 nitrogen and oxygen atoms in total. The molecule has 1 aromatic heterocycles. The van der Waals surface area contributed by atoms with E-state index in [9.17, 15) is 4.79 Å². The molecule has 0 aromatic carbocycles. The Kier molecular flexibility index (Phi) is 7.12. The molecular formula is C13H21BrN2O3. The molecule has 0 saturated carbocycles. The first-order valence-corrected chi connectivity index (χ1v) is 7.07. The van der Waals surface area contributed by atoms with Crippen LogP contribution in [-0.2, 0) is 9.47 Å². The first-order valence-electron chi connectivity index (χ1n) is 6.28. The highest BCUT2D eigenvalue weighted by Gasteiger charge is 2.14. The topological polar surface area (TPSA) is 52.5 Å². The summed E-state index contributed by atoms with van der Waals surface area (Å²) in [5.74, 6) is -0.0882. The molecule has 1 amide bonds. The molecule has 0 radical (unpaired) electrons. The Labute approximate surface area is 122 Å². The molecular weight excluding hydrogens is 312 g/mol. The highest BCUT2D eigenvalue weighted by atomic mass is 79.9. The van der Waals surface area contributed by atoms with Crippen LogP contribution in [0.3, 0.4) is 0 Å². The number of aromatic nitrogens is 1. The van der Waals surface area contributed by atoms with Crippen LogP contribution < -0.4 is 5.32 Å². The standard InChI is InChI=1S/C13H21BrN2O3/c1-10(2)16-9-11(14)8-12(16)13(17)15-4-5-19-7-6-18-3/h8-10H,4-7H2,1-3H3,(H,15,17). The van der Waals surface area contributed by atoms with Gasteiger partial charge in [-0.25, -0.2) is 0 Å². The van der Waals surface area contributed by atoms with Gasteiger partial charge in [-0.1, -0.05) is 0 Å². The third kappa shape index (κ3) is 5.34. The van der Waals surface area contributed by atoms with Gasteiger partial charge >= 0.3 is 0 Å². The van der Waals surface area contributed by atoms with Crippen LogP contribution in [0, 0.1) is 0 Å². The monoisotopic (exact) mass is 332 g/mol. The fourth-order valence-corrected chi connectivity index (χ4v) is 2.06. The Morgan fingerprint density at radius 1 is 1.42 bits per heavy atom. The van der Waals surface area contributed by atoms with E-state index in [4.69, 9.17) is 9.47 Å². The highest BCUT2D eigenvalue weighted by molar-refractivity contribution is 9.10. The third-order valence-electron chi connectivity index (χ3n) is 2.57. The van der Waals surface area contributed by atoms with Gasteiger partial charge in [-0.15, -0.1) is 0 Å². The van der Waals surface area contributed by atoms with Gasteiger partial charge in [0.15, 0.2) is 0 Å². The second-order valence-corrected chi connectivity index (χ2v) is 5.32. The molecule has 0 aliphatic carbocycles. The molecule has 1 rings (SSSR count). The van der Waals surface area contributed by atoms with Gasteiger partial charge in [-0.3, -0.25) is 4.79 Å². The van der Waals surface area contributed by atoms with Gasteiger partial charge in [0.05, 0.1) is 19.8 Å². The molecule has 1 aromatic rings. The van der Waals surface area contributed by atoms with Gasteiger partial charge in [-0.2, -0.15) is 0 Å². The molecule has 0 aliphatic heterocycles. The number of hydrogen-bond donors (Lipinski definition) is 1. The molecule has 0 spiro atoms. The van der Waals surface area contributed by atoms with Gasteiger partial charge in [0.25, 0.3) is 5.91 Å². The zero-order valence-electron chi connectivity index (χ0n) is 11.6. The smallest absolute Gasteiger partial charge is 0.268 e. The number of nitrogens with one attached hydrogen (secondary N) is 1. The Balaban J connectivity index is 2.41. The quantitative estimate of drug-likeness (QED) is 0.742. The highest BCUT2D eigenvalue weighted by Crippen LogP contribution is 2.19. The summed E-state index contributed by atoms with van der Waals surface area (Å²) in [7, 11) is 1.63. The predicted octanol–water partition coefficient (Wildman–Crippen LogP) is 2.22. The van der Waals surface area contributed by atoms with Crippen molar-refractivity contribution in [2.24, 2.45) is 0 Å². The van der Waals surface area contributed by atoms with Crippen molar-refractivity contribution in [3.63, 3.8) is 0 Å². The molecule has 108 valence electrons. The molecule has 0 fully saturated rings. The largest absolute Gasteiger partial charge is 0.382 e. The van der Waals surface area contributed by atoms with Crippen molar-refractivity contribution in [1.29, 1.82) is 0 Å². The van der Waals surface area contributed by atoms with Crippen LogP contribution in [0.15, 0.2) is 16.7 Å². The van der Waals surface area contributed by atoms with Crippen molar-refractivity contribution in [3.8, 4) is 0 Å². The summed E-state index contributed by atoms with van der Waals surface area (Å²) in [5.41, 5.74) is 0.652. The molecule has 1 heterocycles. The number of methoxy groups -OCH3 is 1. The zero-order valence-corrected chi connectivity index (χ0v) is 13.2. The molecule has 0 aliphatic rings. The third-order valence-corrected chi connectivity index (χ3v) is 3.00. The maximum absolute atomic E-state index is 12.0. The minimum absolute atomic E-state index is 0.0882. The van der Waals surface area contributed by atoms with E-state index in [1.54, 1.807) is 7.11 Å². The van der Waals surface area contributed by atoms with Crippen LogP contribution in [0.5, 0.6) is 0 Å². The number of halogens is 1. The molecule has 0 saturated heterocycles. The summed E-state index contributed by atoms with van der Waals surface area (Å²) in [6, 6.07) is 2.06. The van der Waals surface area contributed by atoms with Gasteiger partial charge < -0.3 is 19.4 Å². The summed E-state index contributed by atoms with van der Waals surface area (Å²) in [6.45, 7) is 6.16. The molecule has 1 N–H and O–H groups in total. The summed E-state index contributed by atoms with van der Waals surface area (Å²) in [6.07, 6.45) is 1.91. The number of ether oxygens (including phenoxy) is 2. The number of amides is 1. The summed E-state index contributed by atoms with van der Waals surface area (Å²) in [5, 5.41) is 2.84. The van der Waals surface area contributed by atoms with Crippen molar-refractivity contribution >= 4 is 21.8 Å². The normalized spacial score (nSPS) is 11.0. The van der Waals surface area contributed by atoms with Crippen molar-refractivity contribution in [3.05, 3.63) is 22.4 Å². The maximum Gasteiger partial charge on any atom is 0.268 e. The molecule has 0 unspecified atom stereocenters. The average molecular weight is 333 g/mol. The van der Waals surface area contributed by atoms with E-state index in [0.717, 1.165) is 4.47 Å². The van der Waals surface area contributed by atoms with E-state index in [1.165, 1.54) is 0 Å². The second-order valence-electron chi connectivity index (χ2n) is 4.41. The Hall–Kier alpha value is -0.850. The first kappa shape index (κ1) is 16.2. The van der Waals surface area contributed by atoms with E-state index >= 15 is 0 Å². The Bertz CT molecular complexity index is 405. The van der Waals surface area contributed by atoms with Gasteiger partial charge in [0.1, 0.15) is 5.69 Å². The number of nitrogens with zero attached hydrogens (tertiary/aromatic N) is 1. The van der Waals surface area contributed by atoms with Crippen molar-refractivity contribution in [2.45, 2.75) is 19.9 Å². The van der Waals surface area contributed by atoms with Crippen LogP contribution in [0.4, 0.5) is 0 Å². The number of carbonyl (C=O) groups excluding carboxylic acids is 1. The van der Waals surface area contributed by atoms with Crippen LogP contribution in [-0.4, -0.2) is 43.9 Å². The first-order chi connectivity index (χ1) is 9.06. The maximum atomic E-state index is 12.0. The van der Waals surface area contributed by atoms with E-state index in [-0.39, 0.29) is 11.9 Å². The van der Waals surface area contributed by atoms with Crippen LogP contribution in [0.25, 0.3) is 0 Å². The van der Waals surface area contributed by atoms with Crippen molar-refractivity contribution in [2.75, 3.05) is 33.5 Å². The lowest BCUT2D eigenvalue weighted by Crippen LogP contribution is -2.29.